The van der Waals surface area contributed by atoms with Crippen molar-refractivity contribution in [2.24, 2.45) is 0 Å². The van der Waals surface area contributed by atoms with Gasteiger partial charge in [0.2, 0.25) is 5.91 Å². The SMILES string of the molecule is CSc1ccc([C@@H]2NC(=O)N(CC(=O)N[C@@H]3CCc4ccccc43)C3=C2C(=O)OC3)cc1. The van der Waals surface area contributed by atoms with Gasteiger partial charge in [-0.1, -0.05) is 36.4 Å². The number of ether oxygens (including phenoxy) is 1. The molecule has 5 rings (SSSR count). The van der Waals surface area contributed by atoms with Crippen molar-refractivity contribution in [1.29, 1.82) is 0 Å². The Bertz CT molecular complexity index is 1130. The molecule has 2 aromatic carbocycles. The van der Waals surface area contributed by atoms with E-state index in [0.717, 1.165) is 28.9 Å². The van der Waals surface area contributed by atoms with Crippen molar-refractivity contribution in [2.75, 3.05) is 19.4 Å². The molecule has 0 spiro atoms. The Morgan fingerprint density at radius 1 is 1.19 bits per heavy atom. The summed E-state index contributed by atoms with van der Waals surface area (Å²) < 4.78 is 5.25. The minimum absolute atomic E-state index is 0.0134. The maximum Gasteiger partial charge on any atom is 0.338 e. The molecule has 0 unspecified atom stereocenters. The monoisotopic (exact) mass is 449 g/mol. The summed E-state index contributed by atoms with van der Waals surface area (Å²) in [5, 5.41) is 5.92. The van der Waals surface area contributed by atoms with Crippen LogP contribution in [-0.2, 0) is 20.7 Å². The van der Waals surface area contributed by atoms with E-state index in [2.05, 4.69) is 16.7 Å². The third kappa shape index (κ3) is 3.64. The zero-order chi connectivity index (χ0) is 22.2. The lowest BCUT2D eigenvalue weighted by Gasteiger charge is -2.32. The van der Waals surface area contributed by atoms with Gasteiger partial charge in [-0.15, -0.1) is 11.8 Å². The number of urea groups is 1. The number of thioether (sulfide) groups is 1. The number of aryl methyl sites for hydroxylation is 1. The van der Waals surface area contributed by atoms with Gasteiger partial charge in [0.15, 0.2) is 0 Å². The number of carbonyl (C=O) groups excluding carboxylic acids is 3. The van der Waals surface area contributed by atoms with Gasteiger partial charge in [-0.2, -0.15) is 0 Å². The molecule has 2 heterocycles. The van der Waals surface area contributed by atoms with Crippen LogP contribution in [0.15, 0.2) is 64.7 Å². The van der Waals surface area contributed by atoms with Crippen molar-refractivity contribution in [3.8, 4) is 0 Å². The van der Waals surface area contributed by atoms with Crippen LogP contribution in [0.5, 0.6) is 0 Å². The van der Waals surface area contributed by atoms with Gasteiger partial charge >= 0.3 is 12.0 Å². The molecule has 7 nitrogen and oxygen atoms in total. The number of hydrogen-bond acceptors (Lipinski definition) is 5. The number of nitrogens with one attached hydrogen (secondary N) is 2. The summed E-state index contributed by atoms with van der Waals surface area (Å²) in [6, 6.07) is 14.7. The Balaban J connectivity index is 1.36. The van der Waals surface area contributed by atoms with E-state index in [4.69, 9.17) is 4.74 Å². The normalized spacial score (nSPS) is 21.7. The van der Waals surface area contributed by atoms with Crippen LogP contribution in [0.1, 0.15) is 35.2 Å². The van der Waals surface area contributed by atoms with Crippen molar-refractivity contribution in [2.45, 2.75) is 29.8 Å². The molecule has 0 radical (unpaired) electrons. The molecule has 8 heteroatoms. The second kappa shape index (κ2) is 8.35. The highest BCUT2D eigenvalue weighted by Gasteiger charge is 2.42. The number of benzene rings is 2. The number of carbonyl (C=O) groups is 3. The Labute approximate surface area is 190 Å². The topological polar surface area (TPSA) is 87.7 Å². The number of nitrogens with zero attached hydrogens (tertiary/aromatic N) is 1. The van der Waals surface area contributed by atoms with Crippen LogP contribution in [0.2, 0.25) is 0 Å². The van der Waals surface area contributed by atoms with Crippen molar-refractivity contribution >= 4 is 29.7 Å². The molecule has 32 heavy (non-hydrogen) atoms. The first-order valence-electron chi connectivity index (χ1n) is 10.5. The highest BCUT2D eigenvalue weighted by Crippen LogP contribution is 2.36. The maximum absolute atomic E-state index is 13.0. The molecule has 0 fully saturated rings. The van der Waals surface area contributed by atoms with Crippen molar-refractivity contribution in [3.63, 3.8) is 0 Å². The molecule has 0 aromatic heterocycles. The molecule has 0 saturated heterocycles. The molecule has 0 saturated carbocycles. The van der Waals surface area contributed by atoms with Crippen LogP contribution in [0, 0.1) is 0 Å². The van der Waals surface area contributed by atoms with Crippen LogP contribution in [-0.4, -0.2) is 42.2 Å². The van der Waals surface area contributed by atoms with Crippen LogP contribution < -0.4 is 10.6 Å². The summed E-state index contributed by atoms with van der Waals surface area (Å²) in [5.41, 5.74) is 4.01. The van der Waals surface area contributed by atoms with Crippen molar-refractivity contribution in [3.05, 3.63) is 76.5 Å². The number of esters is 1. The first-order chi connectivity index (χ1) is 15.5. The minimum atomic E-state index is -0.593. The molecule has 2 N–H and O–H groups in total. The average molecular weight is 450 g/mol. The summed E-state index contributed by atoms with van der Waals surface area (Å²) in [7, 11) is 0. The number of hydrogen-bond donors (Lipinski definition) is 2. The lowest BCUT2D eigenvalue weighted by atomic mass is 9.96. The number of amides is 3. The third-order valence-corrected chi connectivity index (χ3v) is 6.96. The average Bonchev–Trinajstić information content (AvgIpc) is 3.39. The summed E-state index contributed by atoms with van der Waals surface area (Å²) in [5.74, 6) is -0.732. The van der Waals surface area contributed by atoms with Crippen LogP contribution >= 0.6 is 11.8 Å². The Morgan fingerprint density at radius 2 is 1.97 bits per heavy atom. The number of fused-ring (bicyclic) bond motifs is 1. The smallest absolute Gasteiger partial charge is 0.338 e. The molecule has 3 aliphatic rings. The summed E-state index contributed by atoms with van der Waals surface area (Å²) in [4.78, 5) is 40.7. The van der Waals surface area contributed by atoms with Gasteiger partial charge < -0.3 is 15.4 Å². The Hall–Kier alpha value is -3.26. The highest BCUT2D eigenvalue weighted by molar-refractivity contribution is 7.98. The summed E-state index contributed by atoms with van der Waals surface area (Å²) in [6.07, 6.45) is 3.74. The first-order valence-corrected chi connectivity index (χ1v) is 11.8. The molecule has 3 amide bonds. The fraction of sp³-hybridized carbons (Fsp3) is 0.292. The zero-order valence-electron chi connectivity index (χ0n) is 17.6. The molecule has 0 bridgehead atoms. The van der Waals surface area contributed by atoms with E-state index in [1.54, 1.807) is 11.8 Å². The van der Waals surface area contributed by atoms with E-state index in [0.29, 0.717) is 11.3 Å². The fourth-order valence-corrected chi connectivity index (χ4v) is 5.02. The van der Waals surface area contributed by atoms with E-state index >= 15 is 0 Å². The van der Waals surface area contributed by atoms with E-state index < -0.39 is 18.0 Å². The zero-order valence-corrected chi connectivity index (χ0v) is 18.4. The maximum atomic E-state index is 13.0. The first kappa shape index (κ1) is 20.6. The predicted octanol–water partition coefficient (Wildman–Crippen LogP) is 3.09. The lowest BCUT2D eigenvalue weighted by molar-refractivity contribution is -0.136. The molecule has 2 atom stereocenters. The Morgan fingerprint density at radius 3 is 2.75 bits per heavy atom. The molecular weight excluding hydrogens is 426 g/mol. The molecule has 1 aliphatic carbocycles. The largest absolute Gasteiger partial charge is 0.456 e. The van der Waals surface area contributed by atoms with Crippen LogP contribution in [0.3, 0.4) is 0 Å². The van der Waals surface area contributed by atoms with Gasteiger partial charge in [0, 0.05) is 4.90 Å². The van der Waals surface area contributed by atoms with Gasteiger partial charge in [0.25, 0.3) is 0 Å². The number of rotatable bonds is 5. The van der Waals surface area contributed by atoms with Gasteiger partial charge in [-0.25, -0.2) is 9.59 Å². The van der Waals surface area contributed by atoms with Crippen LogP contribution in [0.25, 0.3) is 0 Å². The third-order valence-electron chi connectivity index (χ3n) is 6.22. The van der Waals surface area contributed by atoms with E-state index in [1.807, 2.05) is 48.7 Å². The van der Waals surface area contributed by atoms with Gasteiger partial charge in [0.05, 0.1) is 23.4 Å². The van der Waals surface area contributed by atoms with E-state index in [1.165, 1.54) is 10.5 Å². The minimum Gasteiger partial charge on any atom is -0.456 e. The lowest BCUT2D eigenvalue weighted by Crippen LogP contribution is -2.50. The second-order valence-corrected chi connectivity index (χ2v) is 8.92. The van der Waals surface area contributed by atoms with Gasteiger partial charge in [-0.05, 0) is 47.9 Å². The van der Waals surface area contributed by atoms with Crippen molar-refractivity contribution in [1.82, 2.24) is 15.5 Å². The van der Waals surface area contributed by atoms with Gasteiger partial charge in [-0.3, -0.25) is 9.69 Å². The second-order valence-electron chi connectivity index (χ2n) is 8.04. The quantitative estimate of drug-likeness (QED) is 0.541. The van der Waals surface area contributed by atoms with Crippen LogP contribution in [0.4, 0.5) is 4.79 Å². The number of cyclic esters (lactones) is 1. The Kier molecular flexibility index (Phi) is 5.38. The van der Waals surface area contributed by atoms with Gasteiger partial charge in [0.1, 0.15) is 13.2 Å². The summed E-state index contributed by atoms with van der Waals surface area (Å²) in [6.45, 7) is -0.182. The molecule has 164 valence electrons. The van der Waals surface area contributed by atoms with E-state index in [9.17, 15) is 14.4 Å². The standard InChI is InChI=1S/C24H23N3O4S/c1-32-16-9-6-15(7-10-16)22-21-19(13-31-23(21)29)27(24(30)26-22)12-20(28)25-18-11-8-14-4-2-3-5-17(14)18/h2-7,9-10,18,22H,8,11-13H2,1H3,(H,25,28)(H,26,30)/t18-,22+/m1/s1. The summed E-state index contributed by atoms with van der Waals surface area (Å²) >= 11 is 1.62. The van der Waals surface area contributed by atoms with Crippen molar-refractivity contribution < 1.29 is 19.1 Å². The predicted molar refractivity (Wildman–Crippen MR) is 120 cm³/mol. The molecule has 2 aliphatic heterocycles. The fourth-order valence-electron chi connectivity index (χ4n) is 4.62. The molecule has 2 aromatic rings. The highest BCUT2D eigenvalue weighted by atomic mass is 32.2. The van der Waals surface area contributed by atoms with E-state index in [-0.39, 0.29) is 25.1 Å². The molecular formula is C24H23N3O4S.